The minimum atomic E-state index is -0.778. The molecule has 1 aliphatic rings. The fourth-order valence-electron chi connectivity index (χ4n) is 3.54. The van der Waals surface area contributed by atoms with Crippen LogP contribution in [-0.2, 0) is 6.42 Å². The van der Waals surface area contributed by atoms with Gasteiger partial charge in [0.2, 0.25) is 0 Å². The van der Waals surface area contributed by atoms with Gasteiger partial charge in [0, 0.05) is 0 Å². The average molecular weight is 278 g/mol. The highest BCUT2D eigenvalue weighted by Gasteiger charge is 2.27. The summed E-state index contributed by atoms with van der Waals surface area (Å²) in [6, 6.07) is 14.8. The SMILES string of the molecule is Cc1cccc2cc3c4c(ccc3cc12)CCC(O)C4O. The molecule has 2 nitrogen and oxygen atoms in total. The number of fused-ring (bicyclic) bond motifs is 4. The Kier molecular flexibility index (Phi) is 2.78. The Morgan fingerprint density at radius 3 is 2.57 bits per heavy atom. The summed E-state index contributed by atoms with van der Waals surface area (Å²) in [6.45, 7) is 2.12. The Morgan fingerprint density at radius 2 is 1.71 bits per heavy atom. The summed E-state index contributed by atoms with van der Waals surface area (Å²) in [5.74, 6) is 0. The van der Waals surface area contributed by atoms with Gasteiger partial charge in [0.1, 0.15) is 6.10 Å². The zero-order valence-corrected chi connectivity index (χ0v) is 12.0. The van der Waals surface area contributed by atoms with E-state index >= 15 is 0 Å². The molecular formula is C19H18O2. The smallest absolute Gasteiger partial charge is 0.106 e. The average Bonchev–Trinajstić information content (AvgIpc) is 2.49. The van der Waals surface area contributed by atoms with Crippen LogP contribution < -0.4 is 0 Å². The highest BCUT2D eigenvalue weighted by Crippen LogP contribution is 2.37. The minimum Gasteiger partial charge on any atom is -0.390 e. The number of rotatable bonds is 0. The summed E-state index contributed by atoms with van der Waals surface area (Å²) >= 11 is 0. The van der Waals surface area contributed by atoms with Crippen molar-refractivity contribution in [2.45, 2.75) is 32.0 Å². The number of aliphatic hydroxyl groups excluding tert-OH is 2. The molecule has 2 atom stereocenters. The molecule has 0 amide bonds. The lowest BCUT2D eigenvalue weighted by atomic mass is 9.83. The van der Waals surface area contributed by atoms with Gasteiger partial charge in [-0.15, -0.1) is 0 Å². The molecule has 0 aliphatic heterocycles. The lowest BCUT2D eigenvalue weighted by molar-refractivity contribution is 0.00747. The molecule has 0 heterocycles. The molecular weight excluding hydrogens is 260 g/mol. The number of benzene rings is 3. The first kappa shape index (κ1) is 12.8. The highest BCUT2D eigenvalue weighted by molar-refractivity contribution is 6.01. The molecule has 106 valence electrons. The van der Waals surface area contributed by atoms with Crippen molar-refractivity contribution in [2.75, 3.05) is 0 Å². The van der Waals surface area contributed by atoms with Crippen LogP contribution in [0.15, 0.2) is 42.5 Å². The third kappa shape index (κ3) is 1.87. The fourth-order valence-corrected chi connectivity index (χ4v) is 3.54. The van der Waals surface area contributed by atoms with Crippen LogP contribution in [0.5, 0.6) is 0 Å². The summed E-state index contributed by atoms with van der Waals surface area (Å²) in [7, 11) is 0. The van der Waals surface area contributed by atoms with E-state index in [4.69, 9.17) is 0 Å². The van der Waals surface area contributed by atoms with E-state index in [1.165, 1.54) is 16.3 Å². The van der Waals surface area contributed by atoms with Gasteiger partial charge in [0.05, 0.1) is 6.10 Å². The zero-order valence-electron chi connectivity index (χ0n) is 12.0. The van der Waals surface area contributed by atoms with E-state index in [1.54, 1.807) is 0 Å². The van der Waals surface area contributed by atoms with E-state index in [0.29, 0.717) is 6.42 Å². The van der Waals surface area contributed by atoms with Crippen molar-refractivity contribution in [3.05, 3.63) is 59.2 Å². The van der Waals surface area contributed by atoms with Gasteiger partial charge in [-0.25, -0.2) is 0 Å². The number of hydrogen-bond acceptors (Lipinski definition) is 2. The molecule has 0 saturated heterocycles. The molecule has 2 unspecified atom stereocenters. The molecule has 2 heteroatoms. The summed E-state index contributed by atoms with van der Waals surface area (Å²) in [5.41, 5.74) is 3.33. The normalized spacial score (nSPS) is 21.7. The maximum Gasteiger partial charge on any atom is 0.106 e. The first-order valence-electron chi connectivity index (χ1n) is 7.46. The second kappa shape index (κ2) is 4.55. The Labute approximate surface area is 123 Å². The van der Waals surface area contributed by atoms with Crippen LogP contribution in [0.3, 0.4) is 0 Å². The van der Waals surface area contributed by atoms with Gasteiger partial charge in [0.25, 0.3) is 0 Å². The van der Waals surface area contributed by atoms with Crippen molar-refractivity contribution in [3.63, 3.8) is 0 Å². The monoisotopic (exact) mass is 278 g/mol. The second-order valence-corrected chi connectivity index (χ2v) is 6.06. The topological polar surface area (TPSA) is 40.5 Å². The van der Waals surface area contributed by atoms with Crippen LogP contribution in [0.4, 0.5) is 0 Å². The zero-order chi connectivity index (χ0) is 14.6. The molecule has 0 bridgehead atoms. The van der Waals surface area contributed by atoms with E-state index in [2.05, 4.69) is 49.4 Å². The van der Waals surface area contributed by atoms with Gasteiger partial charge in [-0.05, 0) is 70.1 Å². The molecule has 0 saturated carbocycles. The maximum absolute atomic E-state index is 10.4. The van der Waals surface area contributed by atoms with Gasteiger partial charge in [0.15, 0.2) is 0 Å². The summed E-state index contributed by atoms with van der Waals surface area (Å²) < 4.78 is 0. The van der Waals surface area contributed by atoms with Gasteiger partial charge in [-0.3, -0.25) is 0 Å². The van der Waals surface area contributed by atoms with Crippen molar-refractivity contribution < 1.29 is 10.2 Å². The van der Waals surface area contributed by atoms with Crippen LogP contribution in [0.1, 0.15) is 29.2 Å². The van der Waals surface area contributed by atoms with Crippen LogP contribution in [0, 0.1) is 6.92 Å². The quantitative estimate of drug-likeness (QED) is 0.616. The second-order valence-electron chi connectivity index (χ2n) is 6.06. The molecule has 1 aliphatic carbocycles. The van der Waals surface area contributed by atoms with Gasteiger partial charge >= 0.3 is 0 Å². The lowest BCUT2D eigenvalue weighted by Gasteiger charge is -2.28. The van der Waals surface area contributed by atoms with Crippen LogP contribution in [-0.4, -0.2) is 16.3 Å². The van der Waals surface area contributed by atoms with Gasteiger partial charge in [-0.1, -0.05) is 30.3 Å². The van der Waals surface area contributed by atoms with Crippen LogP contribution in [0.2, 0.25) is 0 Å². The maximum atomic E-state index is 10.4. The summed E-state index contributed by atoms with van der Waals surface area (Å²) in [6.07, 6.45) is 0.0258. The molecule has 0 radical (unpaired) electrons. The summed E-state index contributed by atoms with van der Waals surface area (Å²) in [4.78, 5) is 0. The minimum absolute atomic E-state index is 0.631. The third-order valence-corrected chi connectivity index (χ3v) is 4.74. The Balaban J connectivity index is 2.10. The van der Waals surface area contributed by atoms with E-state index in [9.17, 15) is 10.2 Å². The van der Waals surface area contributed by atoms with Crippen molar-refractivity contribution in [1.29, 1.82) is 0 Å². The van der Waals surface area contributed by atoms with Crippen LogP contribution in [0.25, 0.3) is 21.5 Å². The molecule has 21 heavy (non-hydrogen) atoms. The molecule has 3 aromatic rings. The van der Waals surface area contributed by atoms with Crippen molar-refractivity contribution >= 4 is 21.5 Å². The molecule has 4 rings (SSSR count). The van der Waals surface area contributed by atoms with E-state index in [1.807, 2.05) is 0 Å². The first-order chi connectivity index (χ1) is 10.1. The van der Waals surface area contributed by atoms with E-state index < -0.39 is 12.2 Å². The Morgan fingerprint density at radius 1 is 0.952 bits per heavy atom. The molecule has 0 spiro atoms. The molecule has 3 aromatic carbocycles. The number of hydrogen-bond donors (Lipinski definition) is 2. The molecule has 0 aromatic heterocycles. The molecule has 0 fully saturated rings. The standard InChI is InChI=1S/C19H18O2/c1-11-3-2-4-13-10-16-14(9-15(11)13)6-5-12-7-8-17(20)19(21)18(12)16/h2-6,9-10,17,19-21H,7-8H2,1H3. The number of aryl methyl sites for hydroxylation is 2. The molecule has 2 N–H and O–H groups in total. The number of aliphatic hydroxyl groups is 2. The van der Waals surface area contributed by atoms with Crippen molar-refractivity contribution in [1.82, 2.24) is 0 Å². The van der Waals surface area contributed by atoms with E-state index in [0.717, 1.165) is 28.3 Å². The third-order valence-electron chi connectivity index (χ3n) is 4.74. The van der Waals surface area contributed by atoms with Crippen molar-refractivity contribution in [3.8, 4) is 0 Å². The highest BCUT2D eigenvalue weighted by atomic mass is 16.3. The first-order valence-corrected chi connectivity index (χ1v) is 7.46. The van der Waals surface area contributed by atoms with Crippen LogP contribution >= 0.6 is 0 Å². The Bertz CT molecular complexity index is 851. The predicted molar refractivity (Wildman–Crippen MR) is 85.5 cm³/mol. The predicted octanol–water partition coefficient (Wildman–Crippen LogP) is 3.64. The van der Waals surface area contributed by atoms with Gasteiger partial charge < -0.3 is 10.2 Å². The van der Waals surface area contributed by atoms with Gasteiger partial charge in [-0.2, -0.15) is 0 Å². The largest absolute Gasteiger partial charge is 0.390 e. The van der Waals surface area contributed by atoms with E-state index in [-0.39, 0.29) is 0 Å². The summed E-state index contributed by atoms with van der Waals surface area (Å²) in [5, 5.41) is 25.0. The Hall–Kier alpha value is -1.90. The fraction of sp³-hybridized carbons (Fsp3) is 0.263. The lowest BCUT2D eigenvalue weighted by Crippen LogP contribution is -2.25. The van der Waals surface area contributed by atoms with Crippen molar-refractivity contribution in [2.24, 2.45) is 0 Å².